The number of hydrogen-bond acceptors (Lipinski definition) is 3. The fourth-order valence-electron chi connectivity index (χ4n) is 2.40. The predicted molar refractivity (Wildman–Crippen MR) is 103 cm³/mol. The summed E-state index contributed by atoms with van der Waals surface area (Å²) in [5.41, 5.74) is 1.34. The summed E-state index contributed by atoms with van der Waals surface area (Å²) in [5, 5.41) is 5.92. The molecule has 26 heavy (non-hydrogen) atoms. The van der Waals surface area contributed by atoms with Crippen molar-refractivity contribution in [1.29, 1.82) is 0 Å². The van der Waals surface area contributed by atoms with Crippen LogP contribution in [0.25, 0.3) is 0 Å². The molecule has 0 saturated heterocycles. The van der Waals surface area contributed by atoms with Gasteiger partial charge in [0, 0.05) is 10.6 Å². The van der Waals surface area contributed by atoms with Crippen molar-refractivity contribution < 1.29 is 14.3 Å². The van der Waals surface area contributed by atoms with Crippen molar-refractivity contribution in [3.8, 4) is 5.75 Å². The first-order valence-electron chi connectivity index (χ1n) is 8.45. The third-order valence-electron chi connectivity index (χ3n) is 3.60. The zero-order valence-electron chi connectivity index (χ0n) is 15.1. The van der Waals surface area contributed by atoms with Gasteiger partial charge in [0.25, 0.3) is 5.91 Å². The van der Waals surface area contributed by atoms with E-state index in [1.807, 2.05) is 45.0 Å². The Morgan fingerprint density at radius 3 is 2.50 bits per heavy atom. The summed E-state index contributed by atoms with van der Waals surface area (Å²) in [7, 11) is 0. The molecule has 6 heteroatoms. The molecule has 0 aliphatic heterocycles. The Hall–Kier alpha value is -2.53. The minimum Gasteiger partial charge on any atom is -0.491 e. The SMILES string of the molecule is CC(C)Oc1cccc(C(C)NC(=O)CNC(=O)c2cccc(Cl)c2)c1. The number of halogens is 1. The maximum Gasteiger partial charge on any atom is 0.251 e. The predicted octanol–water partition coefficient (Wildman–Crippen LogP) is 3.73. The van der Waals surface area contributed by atoms with E-state index in [2.05, 4.69) is 10.6 Å². The lowest BCUT2D eigenvalue weighted by Crippen LogP contribution is -2.38. The number of amides is 2. The molecule has 0 saturated carbocycles. The first-order chi connectivity index (χ1) is 12.3. The lowest BCUT2D eigenvalue weighted by atomic mass is 10.1. The second-order valence-electron chi connectivity index (χ2n) is 6.22. The Kier molecular flexibility index (Phi) is 7.04. The van der Waals surface area contributed by atoms with Crippen LogP contribution in [0, 0.1) is 0 Å². The van der Waals surface area contributed by atoms with Gasteiger partial charge in [0.05, 0.1) is 18.7 Å². The van der Waals surface area contributed by atoms with Gasteiger partial charge in [-0.05, 0) is 56.7 Å². The molecule has 0 bridgehead atoms. The molecule has 0 aliphatic rings. The molecule has 138 valence electrons. The molecule has 0 heterocycles. The molecule has 1 atom stereocenters. The Labute approximate surface area is 158 Å². The molecule has 0 aromatic heterocycles. The summed E-state index contributed by atoms with van der Waals surface area (Å²) in [6.07, 6.45) is 0.0804. The van der Waals surface area contributed by atoms with Gasteiger partial charge < -0.3 is 15.4 Å². The molecule has 2 amide bonds. The first-order valence-corrected chi connectivity index (χ1v) is 8.82. The lowest BCUT2D eigenvalue weighted by Gasteiger charge is -2.17. The summed E-state index contributed by atoms with van der Waals surface area (Å²) in [5.74, 6) is 0.138. The van der Waals surface area contributed by atoms with Crippen LogP contribution in [-0.4, -0.2) is 24.5 Å². The zero-order valence-corrected chi connectivity index (χ0v) is 15.8. The van der Waals surface area contributed by atoms with E-state index in [0.717, 1.165) is 11.3 Å². The van der Waals surface area contributed by atoms with E-state index in [-0.39, 0.29) is 30.5 Å². The third-order valence-corrected chi connectivity index (χ3v) is 3.84. The highest BCUT2D eigenvalue weighted by molar-refractivity contribution is 6.30. The van der Waals surface area contributed by atoms with Crippen LogP contribution in [0.15, 0.2) is 48.5 Å². The van der Waals surface area contributed by atoms with Gasteiger partial charge in [0.2, 0.25) is 5.91 Å². The average Bonchev–Trinajstić information content (AvgIpc) is 2.59. The molecule has 0 radical (unpaired) electrons. The summed E-state index contributed by atoms with van der Waals surface area (Å²) >= 11 is 5.86. The Morgan fingerprint density at radius 1 is 1.08 bits per heavy atom. The van der Waals surface area contributed by atoms with Gasteiger partial charge >= 0.3 is 0 Å². The molecule has 5 nitrogen and oxygen atoms in total. The molecule has 0 spiro atoms. The van der Waals surface area contributed by atoms with Crippen molar-refractivity contribution in [2.75, 3.05) is 6.54 Å². The van der Waals surface area contributed by atoms with Crippen LogP contribution >= 0.6 is 11.6 Å². The fraction of sp³-hybridized carbons (Fsp3) is 0.300. The van der Waals surface area contributed by atoms with Crippen LogP contribution in [0.4, 0.5) is 0 Å². The van der Waals surface area contributed by atoms with Crippen LogP contribution in [0.3, 0.4) is 0 Å². The summed E-state index contributed by atoms with van der Waals surface area (Å²) in [4.78, 5) is 24.1. The highest BCUT2D eigenvalue weighted by atomic mass is 35.5. The molecule has 2 aromatic carbocycles. The fourth-order valence-corrected chi connectivity index (χ4v) is 2.59. The summed E-state index contributed by atoms with van der Waals surface area (Å²) < 4.78 is 5.67. The van der Waals surface area contributed by atoms with Crippen LogP contribution in [0.1, 0.15) is 42.7 Å². The van der Waals surface area contributed by atoms with Crippen molar-refractivity contribution >= 4 is 23.4 Å². The van der Waals surface area contributed by atoms with Gasteiger partial charge in [0.15, 0.2) is 0 Å². The van der Waals surface area contributed by atoms with Crippen molar-refractivity contribution in [1.82, 2.24) is 10.6 Å². The Bertz CT molecular complexity index is 777. The van der Waals surface area contributed by atoms with Crippen LogP contribution in [0.2, 0.25) is 5.02 Å². The summed E-state index contributed by atoms with van der Waals surface area (Å²) in [6, 6.07) is 13.9. The number of carbonyl (C=O) groups is 2. The van der Waals surface area contributed by atoms with Crippen molar-refractivity contribution in [3.63, 3.8) is 0 Å². The van der Waals surface area contributed by atoms with Crippen LogP contribution < -0.4 is 15.4 Å². The molecule has 0 fully saturated rings. The third kappa shape index (κ3) is 6.08. The standard InChI is InChI=1S/C20H23ClN2O3/c1-13(2)26-18-9-5-6-15(11-18)14(3)23-19(24)12-22-20(25)16-7-4-8-17(21)10-16/h4-11,13-14H,12H2,1-3H3,(H,22,25)(H,23,24). The zero-order chi connectivity index (χ0) is 19.1. The molecule has 2 aromatic rings. The van der Waals surface area contributed by atoms with E-state index in [1.165, 1.54) is 0 Å². The van der Waals surface area contributed by atoms with Crippen molar-refractivity contribution in [2.24, 2.45) is 0 Å². The number of ether oxygens (including phenoxy) is 1. The minimum atomic E-state index is -0.345. The Morgan fingerprint density at radius 2 is 1.81 bits per heavy atom. The van der Waals surface area contributed by atoms with Gasteiger partial charge in [-0.3, -0.25) is 9.59 Å². The number of carbonyl (C=O) groups excluding carboxylic acids is 2. The van der Waals surface area contributed by atoms with Gasteiger partial charge in [-0.2, -0.15) is 0 Å². The van der Waals surface area contributed by atoms with Crippen LogP contribution in [-0.2, 0) is 4.79 Å². The molecule has 0 aliphatic carbocycles. The smallest absolute Gasteiger partial charge is 0.251 e. The molecule has 1 unspecified atom stereocenters. The lowest BCUT2D eigenvalue weighted by molar-refractivity contribution is -0.120. The second-order valence-corrected chi connectivity index (χ2v) is 6.66. The minimum absolute atomic E-state index is 0.0804. The summed E-state index contributed by atoms with van der Waals surface area (Å²) in [6.45, 7) is 5.68. The van der Waals surface area contributed by atoms with E-state index in [4.69, 9.17) is 16.3 Å². The van der Waals surface area contributed by atoms with Crippen molar-refractivity contribution in [3.05, 3.63) is 64.7 Å². The second kappa shape index (κ2) is 9.25. The highest BCUT2D eigenvalue weighted by Crippen LogP contribution is 2.20. The van der Waals surface area contributed by atoms with E-state index >= 15 is 0 Å². The average molecular weight is 375 g/mol. The number of benzene rings is 2. The first kappa shape index (κ1) is 19.8. The van der Waals surface area contributed by atoms with Gasteiger partial charge in [-0.25, -0.2) is 0 Å². The number of rotatable bonds is 7. The number of nitrogens with one attached hydrogen (secondary N) is 2. The molecule has 2 N–H and O–H groups in total. The van der Waals surface area contributed by atoms with Gasteiger partial charge in [0.1, 0.15) is 5.75 Å². The van der Waals surface area contributed by atoms with E-state index in [9.17, 15) is 9.59 Å². The molecule has 2 rings (SSSR count). The monoisotopic (exact) mass is 374 g/mol. The normalized spacial score (nSPS) is 11.7. The van der Waals surface area contributed by atoms with E-state index in [1.54, 1.807) is 24.3 Å². The van der Waals surface area contributed by atoms with E-state index < -0.39 is 0 Å². The van der Waals surface area contributed by atoms with Crippen LogP contribution in [0.5, 0.6) is 5.75 Å². The van der Waals surface area contributed by atoms with Gasteiger partial charge in [-0.15, -0.1) is 0 Å². The number of hydrogen-bond donors (Lipinski definition) is 2. The topological polar surface area (TPSA) is 67.4 Å². The highest BCUT2D eigenvalue weighted by Gasteiger charge is 2.12. The van der Waals surface area contributed by atoms with Gasteiger partial charge in [-0.1, -0.05) is 29.8 Å². The molecular weight excluding hydrogens is 352 g/mol. The quantitative estimate of drug-likeness (QED) is 0.775. The maximum absolute atomic E-state index is 12.1. The van der Waals surface area contributed by atoms with E-state index in [0.29, 0.717) is 10.6 Å². The largest absolute Gasteiger partial charge is 0.491 e. The molecular formula is C20H23ClN2O3. The Balaban J connectivity index is 1.88. The maximum atomic E-state index is 12.1. The van der Waals surface area contributed by atoms with Crippen molar-refractivity contribution in [2.45, 2.75) is 32.9 Å².